The summed E-state index contributed by atoms with van der Waals surface area (Å²) in [5, 5.41) is 6.76. The van der Waals surface area contributed by atoms with Gasteiger partial charge >= 0.3 is 6.85 Å². The molecule has 4 aromatic heterocycles. The van der Waals surface area contributed by atoms with Crippen molar-refractivity contribution in [2.75, 3.05) is 4.81 Å². The van der Waals surface area contributed by atoms with Crippen LogP contribution in [0.5, 0.6) is 0 Å². The molecule has 6 heterocycles. The van der Waals surface area contributed by atoms with Crippen molar-refractivity contribution in [3.63, 3.8) is 0 Å². The molecular formula is C67H55BN4O2. The second-order valence-corrected chi connectivity index (χ2v) is 24.0. The van der Waals surface area contributed by atoms with E-state index in [9.17, 15) is 0 Å². The standard InChI is InChI=1S/C67H55BN4O2/c1-65(2,3)39-24-28-43(29-25-39)72-52-34-46-44-30-26-41(67(7,8)9)33-56(44)73-57(46)35-48(52)58-59-45-22-16-17-23-55(45)74-63(59)60-47-32-40(66(4,5)6)27-31-51(47)71-53-37-54-50(36-49(53)68(72)61(58)62(60)71)69-64(38-18-12-10-13-19-38)70(54)42-20-14-11-15-21-42/h10-37H,1-9H3. The molecule has 6 nitrogen and oxygen atoms in total. The van der Waals surface area contributed by atoms with Crippen LogP contribution in [0.2, 0.25) is 0 Å². The number of para-hydroxylation sites is 2. The first-order valence-electron chi connectivity index (χ1n) is 26.1. The van der Waals surface area contributed by atoms with Crippen molar-refractivity contribution in [3.8, 4) is 33.9 Å². The Kier molecular flexibility index (Phi) is 8.60. The summed E-state index contributed by atoms with van der Waals surface area (Å²) in [6.45, 7) is 20.3. The molecule has 0 saturated heterocycles. The van der Waals surface area contributed by atoms with Crippen LogP contribution in [-0.2, 0) is 16.2 Å². The zero-order valence-electron chi connectivity index (χ0n) is 43.3. The van der Waals surface area contributed by atoms with Crippen LogP contribution in [0.25, 0.3) is 111 Å². The maximum atomic E-state index is 7.31. The van der Waals surface area contributed by atoms with E-state index in [1.165, 1.54) is 44.1 Å². The first-order valence-corrected chi connectivity index (χ1v) is 26.1. The number of hydrogen-bond donors (Lipinski definition) is 0. The molecule has 15 rings (SSSR count). The van der Waals surface area contributed by atoms with E-state index in [1.54, 1.807) is 0 Å². The van der Waals surface area contributed by atoms with Crippen molar-refractivity contribution in [1.82, 2.24) is 14.1 Å². The predicted octanol–water partition coefficient (Wildman–Crippen LogP) is 16.7. The number of anilines is 2. The minimum absolute atomic E-state index is 0.0250. The van der Waals surface area contributed by atoms with Gasteiger partial charge in [-0.2, -0.15) is 0 Å². The molecule has 0 N–H and O–H groups in total. The highest BCUT2D eigenvalue weighted by atomic mass is 16.3. The first kappa shape index (κ1) is 43.3. The summed E-state index contributed by atoms with van der Waals surface area (Å²) < 4.78 is 19.3. The minimum atomic E-state index is -0.276. The first-order chi connectivity index (χ1) is 35.6. The average Bonchev–Trinajstić information content (AvgIpc) is 4.16. The minimum Gasteiger partial charge on any atom is -0.456 e. The van der Waals surface area contributed by atoms with Crippen LogP contribution in [0.1, 0.15) is 79.0 Å². The zero-order chi connectivity index (χ0) is 50.3. The molecule has 0 saturated carbocycles. The Bertz CT molecular complexity index is 4530. The average molecular weight is 959 g/mol. The van der Waals surface area contributed by atoms with Crippen LogP contribution in [0.15, 0.2) is 179 Å². The third-order valence-corrected chi connectivity index (χ3v) is 16.3. The summed E-state index contributed by atoms with van der Waals surface area (Å²) in [6.07, 6.45) is 0. The summed E-state index contributed by atoms with van der Waals surface area (Å²) in [4.78, 5) is 8.27. The molecule has 2 aliphatic heterocycles. The Morgan fingerprint density at radius 3 is 1.86 bits per heavy atom. The number of nitrogens with zero attached hydrogens (tertiary/aromatic N) is 4. The molecule has 9 aromatic carbocycles. The Labute approximate surface area is 430 Å². The van der Waals surface area contributed by atoms with E-state index in [2.05, 4.69) is 246 Å². The zero-order valence-corrected chi connectivity index (χ0v) is 43.3. The fourth-order valence-corrected chi connectivity index (χ4v) is 12.6. The number of hydrogen-bond acceptors (Lipinski definition) is 4. The van der Waals surface area contributed by atoms with Gasteiger partial charge in [0.05, 0.1) is 27.5 Å². The summed E-state index contributed by atoms with van der Waals surface area (Å²) >= 11 is 0. The molecule has 2 aliphatic rings. The lowest BCUT2D eigenvalue weighted by Crippen LogP contribution is -2.60. The van der Waals surface area contributed by atoms with Gasteiger partial charge in [0.2, 0.25) is 0 Å². The number of fused-ring (bicyclic) bond motifs is 17. The molecule has 0 spiro atoms. The maximum Gasteiger partial charge on any atom is 0.333 e. The highest BCUT2D eigenvalue weighted by Gasteiger charge is 2.47. The monoisotopic (exact) mass is 958 g/mol. The number of furan rings is 2. The van der Waals surface area contributed by atoms with E-state index in [0.29, 0.717) is 0 Å². The SMILES string of the molecule is CC(C)(C)c1ccc(N2B3c4cc5nc(-c6ccccc6)n(-c6ccccc6)c5cc4-n4c5ccc(C(C)(C)C)cc5c5c6oc7ccccc7c6c(c3c54)-c3cc4oc5cc(C(C)(C)C)ccc5c4cc32)cc1. The van der Waals surface area contributed by atoms with E-state index in [-0.39, 0.29) is 23.1 Å². The highest BCUT2D eigenvalue weighted by Crippen LogP contribution is 2.53. The van der Waals surface area contributed by atoms with Crippen LogP contribution >= 0.6 is 0 Å². The van der Waals surface area contributed by atoms with Gasteiger partial charge in [0, 0.05) is 60.8 Å². The topological polar surface area (TPSA) is 52.3 Å². The van der Waals surface area contributed by atoms with Gasteiger partial charge in [0.1, 0.15) is 28.2 Å². The fraction of sp³-hybridized carbons (Fsp3) is 0.179. The lowest BCUT2D eigenvalue weighted by molar-refractivity contribution is 0.587. The maximum absolute atomic E-state index is 7.31. The molecule has 0 amide bonds. The van der Waals surface area contributed by atoms with Gasteiger partial charge < -0.3 is 18.2 Å². The largest absolute Gasteiger partial charge is 0.456 e. The van der Waals surface area contributed by atoms with E-state index >= 15 is 0 Å². The second kappa shape index (κ2) is 14.7. The van der Waals surface area contributed by atoms with Gasteiger partial charge in [0.15, 0.2) is 0 Å². The van der Waals surface area contributed by atoms with E-state index in [0.717, 1.165) is 106 Å². The van der Waals surface area contributed by atoms with Crippen LogP contribution in [-0.4, -0.2) is 21.0 Å². The number of aromatic nitrogens is 3. The molecule has 0 aliphatic carbocycles. The smallest absolute Gasteiger partial charge is 0.333 e. The predicted molar refractivity (Wildman–Crippen MR) is 311 cm³/mol. The number of benzene rings is 9. The van der Waals surface area contributed by atoms with Crippen LogP contribution in [0, 0.1) is 0 Å². The molecule has 0 atom stereocenters. The van der Waals surface area contributed by atoms with Gasteiger partial charge in [-0.05, 0) is 122 Å². The van der Waals surface area contributed by atoms with E-state index in [4.69, 9.17) is 13.8 Å². The van der Waals surface area contributed by atoms with Gasteiger partial charge in [-0.25, -0.2) is 4.98 Å². The molecule has 358 valence electrons. The lowest BCUT2D eigenvalue weighted by atomic mass is 9.43. The van der Waals surface area contributed by atoms with Crippen molar-refractivity contribution in [2.24, 2.45) is 0 Å². The molecule has 0 unspecified atom stereocenters. The van der Waals surface area contributed by atoms with Crippen molar-refractivity contribution in [2.45, 2.75) is 78.6 Å². The Morgan fingerprint density at radius 1 is 0.459 bits per heavy atom. The summed E-state index contributed by atoms with van der Waals surface area (Å²) in [6, 6.07) is 62.8. The molecule has 0 radical (unpaired) electrons. The third kappa shape index (κ3) is 5.98. The van der Waals surface area contributed by atoms with E-state index < -0.39 is 0 Å². The molecule has 74 heavy (non-hydrogen) atoms. The molecule has 0 fully saturated rings. The fourth-order valence-electron chi connectivity index (χ4n) is 12.6. The molecule has 13 aromatic rings. The van der Waals surface area contributed by atoms with E-state index in [1.807, 2.05) is 0 Å². The Hall–Kier alpha value is -8.29. The molecule has 7 heteroatoms. The lowest BCUT2D eigenvalue weighted by Gasteiger charge is -2.42. The van der Waals surface area contributed by atoms with Crippen LogP contribution in [0.4, 0.5) is 11.4 Å². The second-order valence-electron chi connectivity index (χ2n) is 24.0. The van der Waals surface area contributed by atoms with Gasteiger partial charge in [0.25, 0.3) is 0 Å². The van der Waals surface area contributed by atoms with Gasteiger partial charge in [-0.3, -0.25) is 4.57 Å². The van der Waals surface area contributed by atoms with Crippen molar-refractivity contribution in [3.05, 3.63) is 187 Å². The quantitative estimate of drug-likeness (QED) is 0.166. The Morgan fingerprint density at radius 2 is 1.12 bits per heavy atom. The van der Waals surface area contributed by atoms with Crippen molar-refractivity contribution < 1.29 is 8.83 Å². The van der Waals surface area contributed by atoms with Crippen molar-refractivity contribution in [1.29, 1.82) is 0 Å². The van der Waals surface area contributed by atoms with Crippen molar-refractivity contribution >= 4 is 106 Å². The highest BCUT2D eigenvalue weighted by molar-refractivity contribution is 6.94. The third-order valence-electron chi connectivity index (χ3n) is 16.3. The summed E-state index contributed by atoms with van der Waals surface area (Å²) in [7, 11) is 0. The number of imidazole rings is 1. The number of rotatable bonds is 3. The molecule has 0 bridgehead atoms. The Balaban J connectivity index is 1.16. The van der Waals surface area contributed by atoms with Crippen LogP contribution in [0.3, 0.4) is 0 Å². The normalized spacial score (nSPS) is 13.7. The van der Waals surface area contributed by atoms with Gasteiger partial charge in [-0.15, -0.1) is 0 Å². The summed E-state index contributed by atoms with van der Waals surface area (Å²) in [5.74, 6) is 0.904. The van der Waals surface area contributed by atoms with Crippen LogP contribution < -0.4 is 15.7 Å². The van der Waals surface area contributed by atoms with Gasteiger partial charge in [-0.1, -0.05) is 159 Å². The summed E-state index contributed by atoms with van der Waals surface area (Å²) in [5.41, 5.74) is 21.7. The molecular weight excluding hydrogens is 904 g/mol.